The molecule has 4 heteroatoms. The highest BCUT2D eigenvalue weighted by Gasteiger charge is 2.13. The van der Waals surface area contributed by atoms with Crippen LogP contribution in [0.2, 0.25) is 0 Å². The summed E-state index contributed by atoms with van der Waals surface area (Å²) in [7, 11) is 1.81. The second kappa shape index (κ2) is 5.10. The quantitative estimate of drug-likeness (QED) is 0.518. The van der Waals surface area contributed by atoms with Crippen LogP contribution < -0.4 is 5.56 Å². The topological polar surface area (TPSA) is 37.8 Å². The van der Waals surface area contributed by atoms with Crippen molar-refractivity contribution in [1.82, 2.24) is 9.55 Å². The molecule has 0 amide bonds. The molecule has 0 aliphatic heterocycles. The van der Waals surface area contributed by atoms with Gasteiger partial charge in [0, 0.05) is 33.4 Å². The van der Waals surface area contributed by atoms with Crippen molar-refractivity contribution in [2.24, 2.45) is 7.05 Å². The van der Waals surface area contributed by atoms with E-state index in [1.165, 1.54) is 5.56 Å². The summed E-state index contributed by atoms with van der Waals surface area (Å²) in [6, 6.07) is 16.1. The molecular weight excluding hydrogens is 352 g/mol. The van der Waals surface area contributed by atoms with Crippen molar-refractivity contribution in [3.8, 4) is 11.1 Å². The van der Waals surface area contributed by atoms with E-state index in [0.29, 0.717) is 5.56 Å². The first-order valence-electron chi connectivity index (χ1n) is 7.42. The summed E-state index contributed by atoms with van der Waals surface area (Å²) >= 11 is 3.48. The van der Waals surface area contributed by atoms with Gasteiger partial charge in [0.2, 0.25) is 0 Å². The van der Waals surface area contributed by atoms with Crippen LogP contribution >= 0.6 is 15.9 Å². The minimum absolute atomic E-state index is 0.00104. The summed E-state index contributed by atoms with van der Waals surface area (Å²) in [6.45, 7) is 2.08. The number of nitrogens with zero attached hydrogens (tertiary/aromatic N) is 1. The number of fused-ring (bicyclic) bond motifs is 3. The molecule has 4 aromatic rings. The Labute approximate surface area is 141 Å². The molecule has 0 saturated heterocycles. The molecule has 0 bridgehead atoms. The van der Waals surface area contributed by atoms with Crippen molar-refractivity contribution in [3.63, 3.8) is 0 Å². The number of aromatic nitrogens is 2. The fourth-order valence-electron chi connectivity index (χ4n) is 3.07. The molecule has 0 radical (unpaired) electrons. The summed E-state index contributed by atoms with van der Waals surface area (Å²) in [4.78, 5) is 16.1. The molecule has 0 aliphatic rings. The van der Waals surface area contributed by atoms with E-state index in [1.54, 1.807) is 4.57 Å². The van der Waals surface area contributed by atoms with Crippen LogP contribution in [0.5, 0.6) is 0 Å². The van der Waals surface area contributed by atoms with Gasteiger partial charge >= 0.3 is 0 Å². The molecule has 0 atom stereocenters. The van der Waals surface area contributed by atoms with Gasteiger partial charge in [-0.1, -0.05) is 39.7 Å². The number of H-pyrrole nitrogens is 1. The summed E-state index contributed by atoms with van der Waals surface area (Å²) in [6.07, 6.45) is 0. The Bertz CT molecular complexity index is 1120. The smallest absolute Gasteiger partial charge is 0.259 e. The van der Waals surface area contributed by atoms with Crippen LogP contribution in [0.25, 0.3) is 33.1 Å². The molecule has 2 aromatic heterocycles. The maximum absolute atomic E-state index is 12.8. The predicted molar refractivity (Wildman–Crippen MR) is 98.9 cm³/mol. The fraction of sp³-hybridized carbons (Fsp3) is 0.105. The van der Waals surface area contributed by atoms with Crippen LogP contribution in [0.1, 0.15) is 5.56 Å². The highest BCUT2D eigenvalue weighted by Crippen LogP contribution is 2.29. The maximum Gasteiger partial charge on any atom is 0.259 e. The Kier molecular flexibility index (Phi) is 3.16. The highest BCUT2D eigenvalue weighted by atomic mass is 79.9. The van der Waals surface area contributed by atoms with E-state index in [4.69, 9.17) is 0 Å². The van der Waals surface area contributed by atoms with Gasteiger partial charge < -0.3 is 4.98 Å². The van der Waals surface area contributed by atoms with Crippen molar-refractivity contribution < 1.29 is 0 Å². The number of nitrogens with one attached hydrogen (secondary N) is 1. The van der Waals surface area contributed by atoms with Crippen LogP contribution in [-0.2, 0) is 7.05 Å². The molecule has 0 fully saturated rings. The number of rotatable bonds is 1. The van der Waals surface area contributed by atoms with E-state index in [9.17, 15) is 4.79 Å². The van der Waals surface area contributed by atoms with E-state index in [1.807, 2.05) is 37.4 Å². The number of aryl methyl sites for hydroxylation is 2. The first-order valence-corrected chi connectivity index (χ1v) is 8.22. The third-order valence-corrected chi connectivity index (χ3v) is 4.76. The third-order valence-electron chi connectivity index (χ3n) is 4.27. The number of hydrogen-bond acceptors (Lipinski definition) is 1. The normalized spacial score (nSPS) is 11.4. The van der Waals surface area contributed by atoms with Crippen LogP contribution in [0.3, 0.4) is 0 Å². The molecule has 2 aromatic carbocycles. The molecule has 4 rings (SSSR count). The van der Waals surface area contributed by atoms with Crippen LogP contribution in [0.4, 0.5) is 0 Å². The van der Waals surface area contributed by atoms with Gasteiger partial charge in [0.25, 0.3) is 5.56 Å². The van der Waals surface area contributed by atoms with E-state index >= 15 is 0 Å². The average Bonchev–Trinajstić information content (AvgIpc) is 2.89. The monoisotopic (exact) mass is 366 g/mol. The van der Waals surface area contributed by atoms with Crippen molar-refractivity contribution >= 4 is 37.9 Å². The van der Waals surface area contributed by atoms with Crippen LogP contribution in [-0.4, -0.2) is 9.55 Å². The van der Waals surface area contributed by atoms with Gasteiger partial charge in [-0.3, -0.25) is 9.36 Å². The number of aromatic amines is 1. The molecule has 1 N–H and O–H groups in total. The Morgan fingerprint density at radius 2 is 1.87 bits per heavy atom. The predicted octanol–water partition coefficient (Wildman–Crippen LogP) is 4.76. The van der Waals surface area contributed by atoms with Gasteiger partial charge in [0.05, 0.1) is 0 Å². The summed E-state index contributed by atoms with van der Waals surface area (Å²) in [5, 5.41) is 2.22. The van der Waals surface area contributed by atoms with Crippen molar-refractivity contribution in [2.75, 3.05) is 0 Å². The molecule has 2 heterocycles. The summed E-state index contributed by atoms with van der Waals surface area (Å²) < 4.78 is 2.66. The Morgan fingerprint density at radius 1 is 1.04 bits per heavy atom. The van der Waals surface area contributed by atoms with Gasteiger partial charge in [0.1, 0.15) is 5.65 Å². The minimum atomic E-state index is -0.00104. The van der Waals surface area contributed by atoms with Gasteiger partial charge in [-0.2, -0.15) is 0 Å². The summed E-state index contributed by atoms with van der Waals surface area (Å²) in [5.74, 6) is 0. The number of hydrogen-bond donors (Lipinski definition) is 1. The van der Waals surface area contributed by atoms with Gasteiger partial charge in [-0.25, -0.2) is 0 Å². The lowest BCUT2D eigenvalue weighted by molar-refractivity contribution is 0.896. The Morgan fingerprint density at radius 3 is 2.65 bits per heavy atom. The molecule has 23 heavy (non-hydrogen) atoms. The van der Waals surface area contributed by atoms with Crippen molar-refractivity contribution in [3.05, 3.63) is 68.9 Å². The van der Waals surface area contributed by atoms with E-state index in [2.05, 4.69) is 46.0 Å². The molecule has 0 unspecified atom stereocenters. The Hall–Kier alpha value is -2.33. The van der Waals surface area contributed by atoms with E-state index in [-0.39, 0.29) is 5.56 Å². The van der Waals surface area contributed by atoms with Crippen LogP contribution in [0.15, 0.2) is 57.8 Å². The molecule has 0 saturated carbocycles. The molecule has 0 aliphatic carbocycles. The van der Waals surface area contributed by atoms with Gasteiger partial charge in [-0.15, -0.1) is 0 Å². The van der Waals surface area contributed by atoms with Crippen LogP contribution in [0, 0.1) is 6.92 Å². The zero-order valence-corrected chi connectivity index (χ0v) is 14.4. The first-order chi connectivity index (χ1) is 11.0. The van der Waals surface area contributed by atoms with E-state index < -0.39 is 0 Å². The fourth-order valence-corrected chi connectivity index (χ4v) is 3.47. The lowest BCUT2D eigenvalue weighted by atomic mass is 10.0. The molecular formula is C19H15BrN2O. The molecule has 114 valence electrons. The first kappa shape index (κ1) is 14.3. The molecule has 0 spiro atoms. The lowest BCUT2D eigenvalue weighted by Crippen LogP contribution is -2.18. The summed E-state index contributed by atoms with van der Waals surface area (Å²) in [5.41, 5.74) is 4.74. The number of halogens is 1. The van der Waals surface area contributed by atoms with Gasteiger partial charge in [0.15, 0.2) is 0 Å². The zero-order chi connectivity index (χ0) is 16.1. The number of pyridine rings is 1. The zero-order valence-electron chi connectivity index (χ0n) is 12.9. The van der Waals surface area contributed by atoms with Gasteiger partial charge in [-0.05, 0) is 42.8 Å². The largest absolute Gasteiger partial charge is 0.341 e. The average molecular weight is 367 g/mol. The standard InChI is InChI=1S/C19H15BrN2O/c1-11-6-7-17-15(8-11)16-10-14(12-4-3-5-13(20)9-12)19(23)22(2)18(16)21-17/h3-10,21H,1-2H3. The second-order valence-electron chi connectivity index (χ2n) is 5.87. The van der Waals surface area contributed by atoms with E-state index in [0.717, 1.165) is 32.0 Å². The van der Waals surface area contributed by atoms with Crippen molar-refractivity contribution in [2.45, 2.75) is 6.92 Å². The highest BCUT2D eigenvalue weighted by molar-refractivity contribution is 9.10. The second-order valence-corrected chi connectivity index (χ2v) is 6.78. The molecule has 3 nitrogen and oxygen atoms in total. The third kappa shape index (κ3) is 2.21. The lowest BCUT2D eigenvalue weighted by Gasteiger charge is -2.06. The Balaban J connectivity index is 2.14. The SMILES string of the molecule is Cc1ccc2[nH]c3c(cc(-c4cccc(Br)c4)c(=O)n3C)c2c1. The minimum Gasteiger partial charge on any atom is -0.341 e. The maximum atomic E-state index is 12.8. The number of benzene rings is 2. The van der Waals surface area contributed by atoms with Crippen molar-refractivity contribution in [1.29, 1.82) is 0 Å².